The summed E-state index contributed by atoms with van der Waals surface area (Å²) < 4.78 is 10.7. The minimum atomic E-state index is 0.258. The molecular formula is C20H28N2O3. The highest BCUT2D eigenvalue weighted by molar-refractivity contribution is 5.78. The largest absolute Gasteiger partial charge is 0.496 e. The smallest absolute Gasteiger partial charge is 0.236 e. The second kappa shape index (κ2) is 9.02. The van der Waals surface area contributed by atoms with Crippen LogP contribution in [0.15, 0.2) is 30.3 Å². The molecule has 0 N–H and O–H groups in total. The van der Waals surface area contributed by atoms with E-state index in [9.17, 15) is 4.79 Å². The van der Waals surface area contributed by atoms with Crippen molar-refractivity contribution in [3.05, 3.63) is 35.9 Å². The van der Waals surface area contributed by atoms with Gasteiger partial charge in [0.15, 0.2) is 0 Å². The van der Waals surface area contributed by atoms with Crippen LogP contribution in [0, 0.1) is 5.92 Å². The summed E-state index contributed by atoms with van der Waals surface area (Å²) in [5.41, 5.74) is 1.11. The van der Waals surface area contributed by atoms with Crippen molar-refractivity contribution in [1.29, 1.82) is 0 Å². The number of amides is 1. The van der Waals surface area contributed by atoms with Crippen molar-refractivity contribution in [1.82, 2.24) is 9.80 Å². The van der Waals surface area contributed by atoms with Crippen LogP contribution in [0.25, 0.3) is 6.08 Å². The van der Waals surface area contributed by atoms with E-state index in [-0.39, 0.29) is 5.91 Å². The Morgan fingerprint density at radius 1 is 1.20 bits per heavy atom. The number of benzene rings is 1. The molecule has 0 saturated carbocycles. The molecule has 2 saturated heterocycles. The first-order valence-corrected chi connectivity index (χ1v) is 9.15. The molecule has 5 heteroatoms. The lowest BCUT2D eigenvalue weighted by molar-refractivity contribution is -0.134. The summed E-state index contributed by atoms with van der Waals surface area (Å²) in [6.45, 7) is 5.44. The normalized spacial score (nSPS) is 20.1. The fourth-order valence-electron chi connectivity index (χ4n) is 3.44. The first-order chi connectivity index (χ1) is 12.3. The molecular weight excluding hydrogens is 316 g/mol. The van der Waals surface area contributed by atoms with Crippen molar-refractivity contribution in [3.63, 3.8) is 0 Å². The number of piperidine rings is 1. The first-order valence-electron chi connectivity index (χ1n) is 9.15. The number of nitrogens with zero attached hydrogens (tertiary/aromatic N) is 2. The van der Waals surface area contributed by atoms with E-state index in [1.54, 1.807) is 7.11 Å². The molecule has 0 aliphatic carbocycles. The molecule has 3 rings (SSSR count). The molecule has 2 aliphatic rings. The van der Waals surface area contributed by atoms with Crippen molar-refractivity contribution in [2.45, 2.75) is 12.8 Å². The van der Waals surface area contributed by atoms with Crippen LogP contribution in [-0.2, 0) is 9.53 Å². The number of morpholine rings is 1. The van der Waals surface area contributed by atoms with E-state index in [0.717, 1.165) is 63.5 Å². The van der Waals surface area contributed by atoms with E-state index >= 15 is 0 Å². The van der Waals surface area contributed by atoms with Crippen LogP contribution in [0.4, 0.5) is 0 Å². The number of para-hydroxylation sites is 1. The molecule has 136 valence electrons. The van der Waals surface area contributed by atoms with Gasteiger partial charge in [0, 0.05) is 31.7 Å². The zero-order valence-electron chi connectivity index (χ0n) is 15.0. The lowest BCUT2D eigenvalue weighted by Crippen LogP contribution is -2.46. The molecule has 25 heavy (non-hydrogen) atoms. The van der Waals surface area contributed by atoms with E-state index < -0.39 is 0 Å². The zero-order chi connectivity index (χ0) is 17.5. The summed E-state index contributed by atoms with van der Waals surface area (Å²) in [4.78, 5) is 16.7. The van der Waals surface area contributed by atoms with Crippen molar-refractivity contribution < 1.29 is 14.3 Å². The average molecular weight is 344 g/mol. The van der Waals surface area contributed by atoms with Gasteiger partial charge in [-0.15, -0.1) is 0 Å². The van der Waals surface area contributed by atoms with E-state index in [1.807, 2.05) is 23.1 Å². The molecule has 0 radical (unpaired) electrons. The van der Waals surface area contributed by atoms with Gasteiger partial charge < -0.3 is 14.4 Å². The number of ether oxygens (including phenoxy) is 2. The van der Waals surface area contributed by atoms with Crippen LogP contribution in [-0.4, -0.2) is 68.8 Å². The second-order valence-electron chi connectivity index (χ2n) is 6.71. The van der Waals surface area contributed by atoms with Gasteiger partial charge in [-0.2, -0.15) is 0 Å². The third-order valence-corrected chi connectivity index (χ3v) is 5.04. The quantitative estimate of drug-likeness (QED) is 0.822. The summed E-state index contributed by atoms with van der Waals surface area (Å²) in [5.74, 6) is 1.68. The van der Waals surface area contributed by atoms with Gasteiger partial charge in [0.25, 0.3) is 0 Å². The Balaban J connectivity index is 1.46. The summed E-state index contributed by atoms with van der Waals surface area (Å²) >= 11 is 0. The SMILES string of the molecule is COc1ccccc1C=CC1CCN(C(=O)CN2CCOCC2)CC1. The van der Waals surface area contributed by atoms with Gasteiger partial charge in [0.1, 0.15) is 5.75 Å². The maximum Gasteiger partial charge on any atom is 0.236 e. The maximum atomic E-state index is 12.4. The fourth-order valence-corrected chi connectivity index (χ4v) is 3.44. The van der Waals surface area contributed by atoms with Crippen LogP contribution in [0.2, 0.25) is 0 Å². The predicted molar refractivity (Wildman–Crippen MR) is 98.6 cm³/mol. The monoisotopic (exact) mass is 344 g/mol. The number of allylic oxidation sites excluding steroid dienone is 1. The molecule has 2 aliphatic heterocycles. The van der Waals surface area contributed by atoms with Crippen molar-refractivity contribution in [3.8, 4) is 5.75 Å². The third kappa shape index (κ3) is 5.06. The minimum Gasteiger partial charge on any atom is -0.496 e. The van der Waals surface area contributed by atoms with Gasteiger partial charge >= 0.3 is 0 Å². The van der Waals surface area contributed by atoms with Gasteiger partial charge in [-0.1, -0.05) is 30.4 Å². The molecule has 0 unspecified atom stereocenters. The van der Waals surface area contributed by atoms with Gasteiger partial charge in [0.2, 0.25) is 5.91 Å². The lowest BCUT2D eigenvalue weighted by Gasteiger charge is -2.33. The number of hydrogen-bond acceptors (Lipinski definition) is 4. The van der Waals surface area contributed by atoms with Crippen LogP contribution in [0.3, 0.4) is 0 Å². The van der Waals surface area contributed by atoms with Gasteiger partial charge in [-0.25, -0.2) is 0 Å². The number of carbonyl (C=O) groups excluding carboxylic acids is 1. The molecule has 1 aromatic carbocycles. The molecule has 2 heterocycles. The topological polar surface area (TPSA) is 42.0 Å². The van der Waals surface area contributed by atoms with Crippen molar-refractivity contribution in [2.75, 3.05) is 53.0 Å². The van der Waals surface area contributed by atoms with E-state index in [0.29, 0.717) is 12.5 Å². The number of likely N-dealkylation sites (tertiary alicyclic amines) is 1. The summed E-state index contributed by atoms with van der Waals surface area (Å²) in [7, 11) is 1.70. The van der Waals surface area contributed by atoms with Crippen LogP contribution >= 0.6 is 0 Å². The molecule has 0 bridgehead atoms. The van der Waals surface area contributed by atoms with E-state index in [1.165, 1.54) is 0 Å². The van der Waals surface area contributed by atoms with Gasteiger partial charge in [0.05, 0.1) is 26.9 Å². The van der Waals surface area contributed by atoms with Gasteiger partial charge in [-0.3, -0.25) is 9.69 Å². The van der Waals surface area contributed by atoms with E-state index in [4.69, 9.17) is 9.47 Å². The van der Waals surface area contributed by atoms with E-state index in [2.05, 4.69) is 23.1 Å². The first kappa shape index (κ1) is 18.0. The fraction of sp³-hybridized carbons (Fsp3) is 0.550. The molecule has 1 aromatic rings. The Morgan fingerprint density at radius 3 is 2.64 bits per heavy atom. The van der Waals surface area contributed by atoms with Gasteiger partial charge in [-0.05, 0) is 24.8 Å². The Kier molecular flexibility index (Phi) is 6.48. The number of rotatable bonds is 5. The van der Waals surface area contributed by atoms with Crippen molar-refractivity contribution >= 4 is 12.0 Å². The molecule has 5 nitrogen and oxygen atoms in total. The van der Waals surface area contributed by atoms with Crippen LogP contribution in [0.1, 0.15) is 18.4 Å². The minimum absolute atomic E-state index is 0.258. The molecule has 2 fully saturated rings. The summed E-state index contributed by atoms with van der Waals surface area (Å²) in [6, 6.07) is 8.05. The number of methoxy groups -OCH3 is 1. The highest BCUT2D eigenvalue weighted by Gasteiger charge is 2.23. The Hall–Kier alpha value is -1.85. The summed E-state index contributed by atoms with van der Waals surface area (Å²) in [5, 5.41) is 0. The third-order valence-electron chi connectivity index (χ3n) is 5.04. The highest BCUT2D eigenvalue weighted by atomic mass is 16.5. The number of hydrogen-bond donors (Lipinski definition) is 0. The molecule has 0 spiro atoms. The molecule has 0 aromatic heterocycles. The average Bonchev–Trinajstić information content (AvgIpc) is 2.67. The Bertz CT molecular complexity index is 588. The Labute approximate surface area is 150 Å². The molecule has 0 atom stereocenters. The Morgan fingerprint density at radius 2 is 1.92 bits per heavy atom. The van der Waals surface area contributed by atoms with Crippen LogP contribution < -0.4 is 4.74 Å². The second-order valence-corrected chi connectivity index (χ2v) is 6.71. The standard InChI is InChI=1S/C20H28N2O3/c1-24-19-5-3-2-4-18(19)7-6-17-8-10-22(11-9-17)20(23)16-21-12-14-25-15-13-21/h2-7,17H,8-16H2,1H3. The molecule has 1 amide bonds. The van der Waals surface area contributed by atoms with Crippen molar-refractivity contribution in [2.24, 2.45) is 5.92 Å². The lowest BCUT2D eigenvalue weighted by atomic mass is 9.95. The highest BCUT2D eigenvalue weighted by Crippen LogP contribution is 2.23. The predicted octanol–water partition coefficient (Wildman–Crippen LogP) is 2.28. The van der Waals surface area contributed by atoms with Crippen LogP contribution in [0.5, 0.6) is 5.75 Å². The number of carbonyl (C=O) groups is 1. The maximum absolute atomic E-state index is 12.4. The summed E-state index contributed by atoms with van der Waals surface area (Å²) in [6.07, 6.45) is 6.47. The zero-order valence-corrected chi connectivity index (χ0v) is 15.0.